The minimum Gasteiger partial charge on any atom is -0.506 e. The highest BCUT2D eigenvalue weighted by Crippen LogP contribution is 2.24. The number of carbonyl (C=O) groups is 1. The fourth-order valence-corrected chi connectivity index (χ4v) is 1.61. The zero-order valence-corrected chi connectivity index (χ0v) is 10.2. The number of phenolic OH excluding ortho intramolecular Hbond substituents is 1. The summed E-state index contributed by atoms with van der Waals surface area (Å²) in [5, 5.41) is 18.0. The minimum atomic E-state index is -0.254. The molecule has 1 N–H and O–H groups in total. The van der Waals surface area contributed by atoms with Crippen molar-refractivity contribution in [3.05, 3.63) is 28.8 Å². The van der Waals surface area contributed by atoms with E-state index in [1.165, 1.54) is 23.1 Å². The van der Waals surface area contributed by atoms with Crippen LogP contribution >= 0.6 is 11.6 Å². The smallest absolute Gasteiger partial charge is 0.254 e. The van der Waals surface area contributed by atoms with Crippen molar-refractivity contribution >= 4 is 17.5 Å². The summed E-state index contributed by atoms with van der Waals surface area (Å²) in [6.45, 7) is 2.50. The Kier molecular flexibility index (Phi) is 4.80. The highest BCUT2D eigenvalue weighted by molar-refractivity contribution is 6.32. The van der Waals surface area contributed by atoms with Crippen LogP contribution in [0.4, 0.5) is 0 Å². The molecule has 0 radical (unpaired) electrons. The fraction of sp³-hybridized carbons (Fsp3) is 0.333. The van der Waals surface area contributed by atoms with E-state index >= 15 is 0 Å². The average molecular weight is 253 g/mol. The Labute approximate surface area is 105 Å². The topological polar surface area (TPSA) is 64.3 Å². The Bertz CT molecular complexity index is 454. The monoisotopic (exact) mass is 252 g/mol. The third-order valence-corrected chi connectivity index (χ3v) is 2.54. The number of aromatic hydroxyl groups is 1. The first-order valence-corrected chi connectivity index (χ1v) is 5.62. The van der Waals surface area contributed by atoms with E-state index in [0.29, 0.717) is 12.1 Å². The average Bonchev–Trinajstić information content (AvgIpc) is 2.31. The van der Waals surface area contributed by atoms with Gasteiger partial charge >= 0.3 is 0 Å². The second kappa shape index (κ2) is 6.12. The molecule has 90 valence electrons. The normalized spacial score (nSPS) is 9.71. The van der Waals surface area contributed by atoms with E-state index in [0.717, 1.165) is 6.42 Å². The summed E-state index contributed by atoms with van der Waals surface area (Å²) >= 11 is 5.73. The number of nitriles is 1. The molecule has 0 fully saturated rings. The van der Waals surface area contributed by atoms with Crippen LogP contribution in [-0.2, 0) is 0 Å². The van der Waals surface area contributed by atoms with Crippen molar-refractivity contribution in [1.82, 2.24) is 4.90 Å². The summed E-state index contributed by atoms with van der Waals surface area (Å²) in [5.41, 5.74) is 0.372. The van der Waals surface area contributed by atoms with Gasteiger partial charge in [0.25, 0.3) is 5.91 Å². The summed E-state index contributed by atoms with van der Waals surface area (Å²) in [6, 6.07) is 6.21. The van der Waals surface area contributed by atoms with Gasteiger partial charge < -0.3 is 10.0 Å². The van der Waals surface area contributed by atoms with Gasteiger partial charge in [-0.25, -0.2) is 0 Å². The zero-order chi connectivity index (χ0) is 12.8. The van der Waals surface area contributed by atoms with Crippen molar-refractivity contribution in [1.29, 1.82) is 5.26 Å². The van der Waals surface area contributed by atoms with E-state index in [1.54, 1.807) is 0 Å². The van der Waals surface area contributed by atoms with Crippen molar-refractivity contribution < 1.29 is 9.90 Å². The Morgan fingerprint density at radius 3 is 2.82 bits per heavy atom. The number of amides is 1. The Morgan fingerprint density at radius 2 is 2.29 bits per heavy atom. The zero-order valence-electron chi connectivity index (χ0n) is 9.48. The van der Waals surface area contributed by atoms with Crippen LogP contribution in [0, 0.1) is 11.3 Å². The molecule has 0 unspecified atom stereocenters. The van der Waals surface area contributed by atoms with E-state index in [2.05, 4.69) is 0 Å². The predicted molar refractivity (Wildman–Crippen MR) is 64.9 cm³/mol. The molecule has 1 aromatic rings. The molecule has 1 aromatic carbocycles. The van der Waals surface area contributed by atoms with Crippen molar-refractivity contribution in [2.24, 2.45) is 0 Å². The van der Waals surface area contributed by atoms with E-state index < -0.39 is 0 Å². The van der Waals surface area contributed by atoms with Crippen molar-refractivity contribution in [3.8, 4) is 11.8 Å². The van der Waals surface area contributed by atoms with Crippen LogP contribution in [0.5, 0.6) is 5.75 Å². The standard InChI is InChI=1S/C12H13ClN2O2/c1-2-6-15(7-5-14)12(17)9-3-4-11(16)10(13)8-9/h3-4,8,16H,2,6-7H2,1H3. The quantitative estimate of drug-likeness (QED) is 0.837. The third-order valence-electron chi connectivity index (χ3n) is 2.24. The molecule has 0 aliphatic carbocycles. The number of hydrogen-bond donors (Lipinski definition) is 1. The van der Waals surface area contributed by atoms with Crippen LogP contribution < -0.4 is 0 Å². The maximum atomic E-state index is 12.0. The maximum absolute atomic E-state index is 12.0. The van der Waals surface area contributed by atoms with Gasteiger partial charge in [-0.05, 0) is 24.6 Å². The molecule has 17 heavy (non-hydrogen) atoms. The van der Waals surface area contributed by atoms with Crippen molar-refractivity contribution in [2.75, 3.05) is 13.1 Å². The Balaban J connectivity index is 2.93. The molecule has 4 nitrogen and oxygen atoms in total. The Hall–Kier alpha value is -1.73. The van der Waals surface area contributed by atoms with Crippen molar-refractivity contribution in [2.45, 2.75) is 13.3 Å². The fourth-order valence-electron chi connectivity index (χ4n) is 1.43. The highest BCUT2D eigenvalue weighted by atomic mass is 35.5. The van der Waals surface area contributed by atoms with Crippen molar-refractivity contribution in [3.63, 3.8) is 0 Å². The van der Waals surface area contributed by atoms with Crippen LogP contribution in [0.1, 0.15) is 23.7 Å². The minimum absolute atomic E-state index is 0.0468. The molecule has 0 heterocycles. The van der Waals surface area contributed by atoms with Crippen LogP contribution in [0.3, 0.4) is 0 Å². The lowest BCUT2D eigenvalue weighted by molar-refractivity contribution is 0.0776. The number of benzene rings is 1. The molecule has 0 saturated heterocycles. The summed E-state index contributed by atoms with van der Waals surface area (Å²) in [4.78, 5) is 13.5. The number of nitrogens with zero attached hydrogens (tertiary/aromatic N) is 2. The molecular weight excluding hydrogens is 240 g/mol. The van der Waals surface area contributed by atoms with E-state index in [9.17, 15) is 9.90 Å². The summed E-state index contributed by atoms with van der Waals surface area (Å²) in [5.74, 6) is -0.319. The summed E-state index contributed by atoms with van der Waals surface area (Å²) < 4.78 is 0. The molecule has 0 aliphatic rings. The van der Waals surface area contributed by atoms with E-state index in [4.69, 9.17) is 16.9 Å². The molecule has 0 spiro atoms. The van der Waals surface area contributed by atoms with Crippen LogP contribution in [0.25, 0.3) is 0 Å². The lowest BCUT2D eigenvalue weighted by Crippen LogP contribution is -2.32. The first-order chi connectivity index (χ1) is 8.10. The van der Waals surface area contributed by atoms with Crippen LogP contribution in [0.2, 0.25) is 5.02 Å². The first kappa shape index (κ1) is 13.3. The van der Waals surface area contributed by atoms with Gasteiger partial charge in [-0.2, -0.15) is 5.26 Å². The second-order valence-corrected chi connectivity index (χ2v) is 3.96. The third kappa shape index (κ3) is 3.36. The number of halogens is 1. The maximum Gasteiger partial charge on any atom is 0.254 e. The number of carbonyl (C=O) groups excluding carboxylic acids is 1. The number of rotatable bonds is 4. The van der Waals surface area contributed by atoms with Crippen LogP contribution in [-0.4, -0.2) is 29.0 Å². The lowest BCUT2D eigenvalue weighted by Gasteiger charge is -2.18. The number of phenols is 1. The molecule has 0 aliphatic heterocycles. The predicted octanol–water partition coefficient (Wildman–Crippen LogP) is 2.42. The van der Waals surface area contributed by atoms with Gasteiger partial charge in [0, 0.05) is 12.1 Å². The molecule has 0 bridgehead atoms. The SMILES string of the molecule is CCCN(CC#N)C(=O)c1ccc(O)c(Cl)c1. The van der Waals surface area contributed by atoms with Gasteiger partial charge in [0.15, 0.2) is 0 Å². The highest BCUT2D eigenvalue weighted by Gasteiger charge is 2.15. The second-order valence-electron chi connectivity index (χ2n) is 3.55. The lowest BCUT2D eigenvalue weighted by atomic mass is 10.2. The van der Waals surface area contributed by atoms with E-state index in [1.807, 2.05) is 13.0 Å². The Morgan fingerprint density at radius 1 is 1.59 bits per heavy atom. The molecule has 0 aromatic heterocycles. The first-order valence-electron chi connectivity index (χ1n) is 5.25. The number of hydrogen-bond acceptors (Lipinski definition) is 3. The molecular formula is C12H13ClN2O2. The van der Waals surface area contributed by atoms with E-state index in [-0.39, 0.29) is 23.2 Å². The van der Waals surface area contributed by atoms with Gasteiger partial charge in [0.05, 0.1) is 11.1 Å². The van der Waals surface area contributed by atoms with Gasteiger partial charge in [0.2, 0.25) is 0 Å². The summed E-state index contributed by atoms with van der Waals surface area (Å²) in [6.07, 6.45) is 0.777. The van der Waals surface area contributed by atoms with Crippen LogP contribution in [0.15, 0.2) is 18.2 Å². The molecule has 1 amide bonds. The largest absolute Gasteiger partial charge is 0.506 e. The summed E-state index contributed by atoms with van der Waals surface area (Å²) in [7, 11) is 0. The van der Waals surface area contributed by atoms with Gasteiger partial charge in [-0.1, -0.05) is 18.5 Å². The van der Waals surface area contributed by atoms with Gasteiger partial charge in [-0.15, -0.1) is 0 Å². The molecule has 5 heteroatoms. The molecule has 1 rings (SSSR count). The molecule has 0 atom stereocenters. The van der Waals surface area contributed by atoms with Gasteiger partial charge in [-0.3, -0.25) is 4.79 Å². The molecule has 0 saturated carbocycles. The van der Waals surface area contributed by atoms with Gasteiger partial charge in [0.1, 0.15) is 12.3 Å².